The minimum Gasteiger partial charge on any atom is -0.354 e. The minimum absolute atomic E-state index is 0.280. The Morgan fingerprint density at radius 2 is 1.88 bits per heavy atom. The lowest BCUT2D eigenvalue weighted by atomic mass is 10.1. The van der Waals surface area contributed by atoms with Crippen molar-refractivity contribution in [3.63, 3.8) is 0 Å². The molecule has 0 aromatic carbocycles. The smallest absolute Gasteiger partial charge is 0.222 e. The molecule has 142 valence electrons. The van der Waals surface area contributed by atoms with Gasteiger partial charge >= 0.3 is 0 Å². The van der Waals surface area contributed by atoms with Crippen molar-refractivity contribution in [3.05, 3.63) is 23.9 Å². The lowest BCUT2D eigenvalue weighted by molar-refractivity contribution is -0.131. The SMILES string of the molecule is CCCCCCCCCC(=O)N1CCCN(c2ncccc2C#N)CC1. The highest BCUT2D eigenvalue weighted by atomic mass is 16.2. The number of carbonyl (C=O) groups is 1. The van der Waals surface area contributed by atoms with Gasteiger partial charge in [0.25, 0.3) is 0 Å². The van der Waals surface area contributed by atoms with Crippen molar-refractivity contribution in [2.45, 2.75) is 64.7 Å². The van der Waals surface area contributed by atoms with Crippen molar-refractivity contribution in [1.82, 2.24) is 9.88 Å². The van der Waals surface area contributed by atoms with Crippen LogP contribution in [0.5, 0.6) is 0 Å². The molecule has 1 aliphatic rings. The van der Waals surface area contributed by atoms with E-state index in [-0.39, 0.29) is 5.91 Å². The normalized spacial score (nSPS) is 14.8. The summed E-state index contributed by atoms with van der Waals surface area (Å²) in [6, 6.07) is 5.81. The molecule has 1 aromatic heterocycles. The van der Waals surface area contributed by atoms with Crippen LogP contribution in [0.25, 0.3) is 0 Å². The molecule has 0 saturated carbocycles. The lowest BCUT2D eigenvalue weighted by Crippen LogP contribution is -2.35. The molecule has 0 bridgehead atoms. The molecule has 2 heterocycles. The van der Waals surface area contributed by atoms with E-state index in [1.807, 2.05) is 4.90 Å². The van der Waals surface area contributed by atoms with Gasteiger partial charge in [-0.25, -0.2) is 4.98 Å². The zero-order valence-corrected chi connectivity index (χ0v) is 16.1. The van der Waals surface area contributed by atoms with Crippen LogP contribution < -0.4 is 4.90 Å². The van der Waals surface area contributed by atoms with E-state index in [0.29, 0.717) is 12.0 Å². The summed E-state index contributed by atoms with van der Waals surface area (Å²) in [5.74, 6) is 1.03. The molecule has 0 N–H and O–H groups in total. The number of aromatic nitrogens is 1. The van der Waals surface area contributed by atoms with Gasteiger partial charge in [0.15, 0.2) is 0 Å². The number of rotatable bonds is 9. The van der Waals surface area contributed by atoms with Gasteiger partial charge in [-0.15, -0.1) is 0 Å². The van der Waals surface area contributed by atoms with Gasteiger partial charge in [-0.05, 0) is 25.0 Å². The first kappa shape index (κ1) is 20.2. The maximum Gasteiger partial charge on any atom is 0.222 e. The summed E-state index contributed by atoms with van der Waals surface area (Å²) in [7, 11) is 0. The maximum atomic E-state index is 12.5. The number of hydrogen-bond acceptors (Lipinski definition) is 4. The van der Waals surface area contributed by atoms with Gasteiger partial charge in [0.05, 0.1) is 5.56 Å². The Balaban J connectivity index is 1.74. The first-order valence-electron chi connectivity index (χ1n) is 10.1. The average molecular weight is 357 g/mol. The first-order chi connectivity index (χ1) is 12.8. The third-order valence-electron chi connectivity index (χ3n) is 5.05. The molecular weight excluding hydrogens is 324 g/mol. The van der Waals surface area contributed by atoms with Crippen LogP contribution in [0.2, 0.25) is 0 Å². The van der Waals surface area contributed by atoms with Gasteiger partial charge in [-0.3, -0.25) is 4.79 Å². The zero-order valence-electron chi connectivity index (χ0n) is 16.1. The van der Waals surface area contributed by atoms with E-state index in [1.54, 1.807) is 18.3 Å². The molecule has 1 saturated heterocycles. The van der Waals surface area contributed by atoms with Crippen molar-refractivity contribution in [1.29, 1.82) is 5.26 Å². The van der Waals surface area contributed by atoms with Gasteiger partial charge in [-0.1, -0.05) is 45.4 Å². The van der Waals surface area contributed by atoms with Crippen LogP contribution in [0, 0.1) is 11.3 Å². The number of hydrogen-bond donors (Lipinski definition) is 0. The van der Waals surface area contributed by atoms with E-state index in [0.717, 1.165) is 51.3 Å². The van der Waals surface area contributed by atoms with Gasteiger partial charge in [0.1, 0.15) is 11.9 Å². The van der Waals surface area contributed by atoms with Gasteiger partial charge < -0.3 is 9.80 Å². The van der Waals surface area contributed by atoms with Crippen LogP contribution in [-0.2, 0) is 4.79 Å². The predicted molar refractivity (Wildman–Crippen MR) is 105 cm³/mol. The molecule has 5 heteroatoms. The Hall–Kier alpha value is -2.09. The van der Waals surface area contributed by atoms with E-state index < -0.39 is 0 Å². The Labute approximate surface area is 158 Å². The topological polar surface area (TPSA) is 60.2 Å². The number of nitrogens with zero attached hydrogens (tertiary/aromatic N) is 4. The number of anilines is 1. The Bertz CT molecular complexity index is 596. The predicted octanol–water partition coefficient (Wildman–Crippen LogP) is 4.13. The van der Waals surface area contributed by atoms with Crippen LogP contribution in [0.3, 0.4) is 0 Å². The fourth-order valence-corrected chi connectivity index (χ4v) is 3.51. The van der Waals surface area contributed by atoms with Crippen LogP contribution in [0.15, 0.2) is 18.3 Å². The molecule has 0 unspecified atom stereocenters. The number of amides is 1. The minimum atomic E-state index is 0.280. The number of carbonyl (C=O) groups excluding carboxylic acids is 1. The van der Waals surface area contributed by atoms with E-state index in [2.05, 4.69) is 22.9 Å². The summed E-state index contributed by atoms with van der Waals surface area (Å²) < 4.78 is 0. The molecular formula is C21H32N4O. The maximum absolute atomic E-state index is 12.5. The largest absolute Gasteiger partial charge is 0.354 e. The van der Waals surface area contributed by atoms with Crippen molar-refractivity contribution in [2.24, 2.45) is 0 Å². The average Bonchev–Trinajstić information content (AvgIpc) is 2.93. The highest BCUT2D eigenvalue weighted by Crippen LogP contribution is 2.18. The number of nitriles is 1. The molecule has 1 amide bonds. The molecule has 0 aliphatic carbocycles. The van der Waals surface area contributed by atoms with E-state index in [9.17, 15) is 10.1 Å². The summed E-state index contributed by atoms with van der Waals surface area (Å²) in [6.45, 7) is 5.34. The molecule has 0 radical (unpaired) electrons. The number of unbranched alkanes of at least 4 members (excludes halogenated alkanes) is 6. The van der Waals surface area contributed by atoms with Gasteiger partial charge in [0.2, 0.25) is 5.91 Å². The second kappa shape index (κ2) is 11.5. The van der Waals surface area contributed by atoms with E-state index in [1.165, 1.54) is 32.1 Å². The van der Waals surface area contributed by atoms with Crippen LogP contribution >= 0.6 is 0 Å². The second-order valence-electron chi connectivity index (χ2n) is 7.08. The van der Waals surface area contributed by atoms with Crippen LogP contribution in [0.4, 0.5) is 5.82 Å². The summed E-state index contributed by atoms with van der Waals surface area (Å²) in [5.41, 5.74) is 0.607. The monoisotopic (exact) mass is 356 g/mol. The molecule has 2 rings (SSSR count). The Kier molecular flexibility index (Phi) is 8.95. The number of pyridine rings is 1. The Morgan fingerprint density at radius 3 is 2.65 bits per heavy atom. The molecule has 1 aliphatic heterocycles. The van der Waals surface area contributed by atoms with Crippen molar-refractivity contribution in [2.75, 3.05) is 31.1 Å². The summed E-state index contributed by atoms with van der Waals surface area (Å²) in [4.78, 5) is 21.0. The highest BCUT2D eigenvalue weighted by Gasteiger charge is 2.20. The van der Waals surface area contributed by atoms with Crippen LogP contribution in [0.1, 0.15) is 70.3 Å². The van der Waals surface area contributed by atoms with Gasteiger partial charge in [0, 0.05) is 38.8 Å². The quantitative estimate of drug-likeness (QED) is 0.624. The van der Waals surface area contributed by atoms with E-state index in [4.69, 9.17) is 0 Å². The molecule has 5 nitrogen and oxygen atoms in total. The lowest BCUT2D eigenvalue weighted by Gasteiger charge is -2.23. The fraction of sp³-hybridized carbons (Fsp3) is 0.667. The second-order valence-corrected chi connectivity index (χ2v) is 7.08. The fourth-order valence-electron chi connectivity index (χ4n) is 3.51. The van der Waals surface area contributed by atoms with Gasteiger partial charge in [-0.2, -0.15) is 5.26 Å². The molecule has 1 fully saturated rings. The van der Waals surface area contributed by atoms with Crippen LogP contribution in [-0.4, -0.2) is 42.0 Å². The summed E-state index contributed by atoms with van der Waals surface area (Å²) in [5, 5.41) is 9.27. The Morgan fingerprint density at radius 1 is 1.12 bits per heavy atom. The third-order valence-corrected chi connectivity index (χ3v) is 5.05. The highest BCUT2D eigenvalue weighted by molar-refractivity contribution is 5.76. The third kappa shape index (κ3) is 6.33. The summed E-state index contributed by atoms with van der Waals surface area (Å²) >= 11 is 0. The van der Waals surface area contributed by atoms with E-state index >= 15 is 0 Å². The molecule has 0 atom stereocenters. The molecule has 1 aromatic rings. The molecule has 0 spiro atoms. The first-order valence-corrected chi connectivity index (χ1v) is 10.1. The van der Waals surface area contributed by atoms with Crippen molar-refractivity contribution >= 4 is 11.7 Å². The zero-order chi connectivity index (χ0) is 18.6. The standard InChI is InChI=1S/C21H32N4O/c1-2-3-4-5-6-7-8-12-20(26)24-14-10-15-25(17-16-24)21-19(18-22)11-9-13-23-21/h9,11,13H,2-8,10,12,14-17H2,1H3. The van der Waals surface area contributed by atoms with Crippen molar-refractivity contribution < 1.29 is 4.79 Å². The molecule has 26 heavy (non-hydrogen) atoms. The summed E-state index contributed by atoms with van der Waals surface area (Å²) in [6.07, 6.45) is 12.0. The van der Waals surface area contributed by atoms with Crippen molar-refractivity contribution in [3.8, 4) is 6.07 Å².